The van der Waals surface area contributed by atoms with Crippen molar-refractivity contribution in [3.05, 3.63) is 127 Å². The molecule has 0 saturated carbocycles. The highest BCUT2D eigenvalue weighted by Gasteiger charge is 2.29. The number of anilines is 9. The Hall–Kier alpha value is -4.90. The van der Waals surface area contributed by atoms with Gasteiger partial charge in [-0.1, -0.05) is 101 Å². The van der Waals surface area contributed by atoms with Crippen LogP contribution in [-0.4, -0.2) is 36.3 Å². The summed E-state index contributed by atoms with van der Waals surface area (Å²) < 4.78 is 0. The van der Waals surface area contributed by atoms with Crippen LogP contribution in [-0.2, 0) is 0 Å². The van der Waals surface area contributed by atoms with Crippen LogP contribution in [0.25, 0.3) is 0 Å². The van der Waals surface area contributed by atoms with Gasteiger partial charge in [-0.2, -0.15) is 0 Å². The molecule has 0 saturated heterocycles. The summed E-state index contributed by atoms with van der Waals surface area (Å²) in [5, 5.41) is 0. The van der Waals surface area contributed by atoms with Gasteiger partial charge in [-0.05, 0) is 193 Å². The van der Waals surface area contributed by atoms with Crippen LogP contribution in [0.1, 0.15) is 130 Å². The molecule has 0 bridgehead atoms. The summed E-state index contributed by atoms with van der Waals surface area (Å²) in [5.74, 6) is 3.21. The maximum Gasteiger partial charge on any atom is 0.0463 e. The molecule has 0 amide bonds. The number of hydrogen-bond acceptors (Lipinski definition) is 5. The van der Waals surface area contributed by atoms with Gasteiger partial charge >= 0.3 is 0 Å². The van der Waals surface area contributed by atoms with Crippen LogP contribution in [0, 0.1) is 42.4 Å². The van der Waals surface area contributed by atoms with E-state index in [-0.39, 0.29) is 0 Å². The number of rotatable bonds is 21. The summed E-state index contributed by atoms with van der Waals surface area (Å²) in [6.07, 6.45) is 0. The van der Waals surface area contributed by atoms with Crippen LogP contribution in [0.2, 0.25) is 0 Å². The fraction of sp³-hybridized carbons (Fsp3) is 0.508. The maximum absolute atomic E-state index is 2.63. The minimum absolute atomic E-state index is 0.410. The topological polar surface area (TPSA) is 16.2 Å². The van der Waals surface area contributed by atoms with Gasteiger partial charge in [0.25, 0.3) is 0 Å². The highest BCUT2D eigenvalue weighted by Crippen LogP contribution is 2.42. The van der Waals surface area contributed by atoms with E-state index >= 15 is 0 Å². The molecule has 5 aromatic rings. The molecule has 5 aromatic carbocycles. The molecule has 358 valence electrons. The predicted molar refractivity (Wildman–Crippen MR) is 294 cm³/mol. The third-order valence-electron chi connectivity index (χ3n) is 15.3. The van der Waals surface area contributed by atoms with E-state index in [1.807, 2.05) is 0 Å². The average Bonchev–Trinajstić information content (AvgIpc) is 3.28. The van der Waals surface area contributed by atoms with Crippen molar-refractivity contribution in [3.63, 3.8) is 0 Å². The molecule has 0 heterocycles. The second-order valence-corrected chi connectivity index (χ2v) is 21.7. The SMILES string of the molecule is Cc1ccc(N(c2ccc(N(c3ccc(N(C(C)C(C)C)C(C)C(C)C)cc3)c3ccc(N(C(C)C(C)C)C(C)C(C)C)cc3)cc2)c2ccc(N(C(C)C(C)C)C(C)C(C)C)cc2)cc1. The second kappa shape index (κ2) is 22.7. The van der Waals surface area contributed by atoms with Crippen molar-refractivity contribution < 1.29 is 0 Å². The van der Waals surface area contributed by atoms with Crippen molar-refractivity contribution >= 4 is 51.2 Å². The van der Waals surface area contributed by atoms with Crippen LogP contribution < -0.4 is 24.5 Å². The minimum Gasteiger partial charge on any atom is -0.366 e. The molecule has 0 radical (unpaired) electrons. The molecule has 66 heavy (non-hydrogen) atoms. The highest BCUT2D eigenvalue weighted by atomic mass is 15.2. The molecule has 6 unspecified atom stereocenters. The molecule has 0 aliphatic heterocycles. The summed E-state index contributed by atoms with van der Waals surface area (Å²) >= 11 is 0. The smallest absolute Gasteiger partial charge is 0.0463 e. The van der Waals surface area contributed by atoms with Gasteiger partial charge in [0.15, 0.2) is 0 Å². The van der Waals surface area contributed by atoms with Crippen LogP contribution in [0.4, 0.5) is 51.2 Å². The highest BCUT2D eigenvalue weighted by molar-refractivity contribution is 5.82. The van der Waals surface area contributed by atoms with Crippen molar-refractivity contribution in [2.24, 2.45) is 35.5 Å². The second-order valence-electron chi connectivity index (χ2n) is 21.7. The van der Waals surface area contributed by atoms with Gasteiger partial charge in [-0.3, -0.25) is 0 Å². The lowest BCUT2D eigenvalue weighted by Crippen LogP contribution is -2.45. The van der Waals surface area contributed by atoms with E-state index in [1.54, 1.807) is 0 Å². The van der Waals surface area contributed by atoms with E-state index < -0.39 is 0 Å². The molecule has 0 fully saturated rings. The van der Waals surface area contributed by atoms with Gasteiger partial charge in [-0.25, -0.2) is 0 Å². The van der Waals surface area contributed by atoms with E-state index in [9.17, 15) is 0 Å². The lowest BCUT2D eigenvalue weighted by atomic mass is 9.96. The normalized spacial score (nSPS) is 14.7. The molecular weight excluding hydrogens is 803 g/mol. The van der Waals surface area contributed by atoms with Crippen LogP contribution in [0.15, 0.2) is 121 Å². The number of nitrogens with zero attached hydrogens (tertiary/aromatic N) is 5. The Morgan fingerprint density at radius 1 is 0.212 bits per heavy atom. The third-order valence-corrected chi connectivity index (χ3v) is 15.3. The lowest BCUT2D eigenvalue weighted by Gasteiger charge is -2.41. The standard InChI is InChI=1S/C61H89N5/c1-40(2)47(14)62(48(15)41(3)4)53-24-30-57(31-25-53)65(56-22-20-46(13)21-23-56)60-36-38-61(39-37-60)66(58-32-26-54(27-33-58)63(49(16)42(5)6)50(17)43(7)8)59-34-28-55(29-35-59)64(51(18)44(9)10)52(19)45(11)12/h20-45,47-52H,1-19H3. The Morgan fingerprint density at radius 2 is 0.348 bits per heavy atom. The minimum atomic E-state index is 0.410. The Balaban J connectivity index is 1.63. The number of benzene rings is 5. The van der Waals surface area contributed by atoms with Crippen molar-refractivity contribution in [1.29, 1.82) is 0 Å². The zero-order chi connectivity index (χ0) is 48.7. The molecular formula is C61H89N5. The fourth-order valence-corrected chi connectivity index (χ4v) is 9.11. The lowest BCUT2D eigenvalue weighted by molar-refractivity contribution is 0.395. The Morgan fingerprint density at radius 3 is 0.500 bits per heavy atom. The monoisotopic (exact) mass is 892 g/mol. The molecule has 5 nitrogen and oxygen atoms in total. The molecule has 0 N–H and O–H groups in total. The van der Waals surface area contributed by atoms with Crippen molar-refractivity contribution in [2.45, 2.75) is 168 Å². The number of aryl methyl sites for hydroxylation is 1. The summed E-state index contributed by atoms with van der Waals surface area (Å²) in [6, 6.07) is 48.5. The van der Waals surface area contributed by atoms with Gasteiger partial charge < -0.3 is 24.5 Å². The van der Waals surface area contributed by atoms with Crippen molar-refractivity contribution in [1.82, 2.24) is 0 Å². The fourth-order valence-electron chi connectivity index (χ4n) is 9.11. The van der Waals surface area contributed by atoms with E-state index in [1.165, 1.54) is 22.6 Å². The molecule has 0 aliphatic carbocycles. The van der Waals surface area contributed by atoms with Crippen LogP contribution in [0.5, 0.6) is 0 Å². The first-order valence-electron chi connectivity index (χ1n) is 25.6. The molecule has 5 rings (SSSR count). The predicted octanol–water partition coefficient (Wildman–Crippen LogP) is 17.6. The van der Waals surface area contributed by atoms with E-state index in [2.05, 4.69) is 277 Å². The Bertz CT molecular complexity index is 2070. The zero-order valence-electron chi connectivity index (χ0n) is 44.7. The Labute approximate surface area is 404 Å². The van der Waals surface area contributed by atoms with Crippen LogP contribution in [0.3, 0.4) is 0 Å². The van der Waals surface area contributed by atoms with E-state index in [0.717, 1.165) is 34.1 Å². The van der Waals surface area contributed by atoms with Gasteiger partial charge in [0.05, 0.1) is 0 Å². The van der Waals surface area contributed by atoms with E-state index in [4.69, 9.17) is 0 Å². The molecule has 0 spiro atoms. The average molecular weight is 892 g/mol. The largest absolute Gasteiger partial charge is 0.366 e. The van der Waals surface area contributed by atoms with Gasteiger partial charge in [-0.15, -0.1) is 0 Å². The summed E-state index contributed by atoms with van der Waals surface area (Å²) in [7, 11) is 0. The zero-order valence-corrected chi connectivity index (χ0v) is 44.7. The maximum atomic E-state index is 2.63. The molecule has 0 aliphatic rings. The summed E-state index contributed by atoms with van der Waals surface area (Å²) in [6.45, 7) is 44.4. The first-order chi connectivity index (χ1) is 31.1. The van der Waals surface area contributed by atoms with Gasteiger partial charge in [0, 0.05) is 87.4 Å². The Kier molecular flexibility index (Phi) is 17.9. The first-order valence-corrected chi connectivity index (χ1v) is 25.6. The first kappa shape index (κ1) is 52.1. The summed E-state index contributed by atoms with van der Waals surface area (Å²) in [4.78, 5) is 12.7. The van der Waals surface area contributed by atoms with Gasteiger partial charge in [0.1, 0.15) is 0 Å². The van der Waals surface area contributed by atoms with Crippen molar-refractivity contribution in [3.8, 4) is 0 Å². The van der Waals surface area contributed by atoms with E-state index in [0.29, 0.717) is 71.8 Å². The van der Waals surface area contributed by atoms with Crippen LogP contribution >= 0.6 is 0 Å². The summed E-state index contributed by atoms with van der Waals surface area (Å²) in [5.41, 5.74) is 11.8. The quantitative estimate of drug-likeness (QED) is 0.0727. The number of hydrogen-bond donors (Lipinski definition) is 0. The van der Waals surface area contributed by atoms with Gasteiger partial charge in [0.2, 0.25) is 0 Å². The van der Waals surface area contributed by atoms with Crippen molar-refractivity contribution in [2.75, 3.05) is 24.5 Å². The molecule has 6 atom stereocenters. The molecule has 5 heteroatoms. The molecule has 0 aromatic heterocycles. The third kappa shape index (κ3) is 12.0.